The summed E-state index contributed by atoms with van der Waals surface area (Å²) in [6.45, 7) is 19.4. The fraction of sp³-hybridized carbons (Fsp3) is 0.489. The Morgan fingerprint density at radius 3 is 1.71 bits per heavy atom. The molecule has 0 amide bonds. The Labute approximate surface area is 331 Å². The van der Waals surface area contributed by atoms with E-state index in [9.17, 15) is 25.5 Å². The summed E-state index contributed by atoms with van der Waals surface area (Å²) < 4.78 is 17.0. The van der Waals surface area contributed by atoms with E-state index in [0.29, 0.717) is 0 Å². The second-order valence-corrected chi connectivity index (χ2v) is 16.0. The van der Waals surface area contributed by atoms with Crippen molar-refractivity contribution in [1.82, 2.24) is 0 Å². The molecule has 55 heavy (non-hydrogen) atoms. The lowest BCUT2D eigenvalue weighted by molar-refractivity contribution is -0.320. The van der Waals surface area contributed by atoms with E-state index in [0.717, 1.165) is 35.1 Å². The first-order valence-electron chi connectivity index (χ1n) is 19.1. The first kappa shape index (κ1) is 47.7. The summed E-state index contributed by atoms with van der Waals surface area (Å²) in [5.74, 6) is 0. The van der Waals surface area contributed by atoms with Crippen molar-refractivity contribution < 1.29 is 39.7 Å². The fourth-order valence-electron chi connectivity index (χ4n) is 6.39. The van der Waals surface area contributed by atoms with Gasteiger partial charge < -0.3 is 39.7 Å². The van der Waals surface area contributed by atoms with E-state index in [1.165, 1.54) is 23.8 Å². The van der Waals surface area contributed by atoms with Crippen molar-refractivity contribution in [3.8, 4) is 0 Å². The molecule has 5 N–H and O–H groups in total. The highest BCUT2D eigenvalue weighted by Crippen LogP contribution is 2.41. The standard InChI is InChI=1S/C47H68O8/c1-32(17-12-13-18-33(2)20-15-23-35(4)25-27-39-37(6)29-38(49)30-46(39,7)8)19-14-21-34(3)22-16-24-36(5)26-28-41(47(9,10)52)55-45-44(53-11)43(51)42(50)40(31-48)54-45/h12-28,38,40-45,48-52H,29-31H2,1-11H3/b13-12+,19-14+,20-15+,22-16+,27-25+,28-26+,32-17+,33-18+,34-21+,35-23+,36-24+/t38-,40-,41+,42-,43+,44+,45+/m1/s1. The molecule has 0 aromatic heterocycles. The SMILES string of the molecule is CO[C@@H]1[C@H](O[C@@H](/C=C/C(C)=C/C=C/C(C)=C/C=C/C(C)=C/C=C/C=C(C)/C=C/C=C(C)/C=C/C2=C(C)C[C@@H](O)CC2(C)C)C(C)(C)O)O[C@H](CO)[C@@H](O)[C@@H]1O. The maximum absolute atomic E-state index is 10.8. The molecule has 8 heteroatoms. The van der Waals surface area contributed by atoms with Gasteiger partial charge in [0.25, 0.3) is 0 Å². The number of aliphatic hydroxyl groups excluding tert-OH is 4. The molecule has 0 saturated carbocycles. The number of ether oxygens (including phenoxy) is 3. The first-order chi connectivity index (χ1) is 25.8. The highest BCUT2D eigenvalue weighted by Gasteiger charge is 2.46. The zero-order valence-corrected chi connectivity index (χ0v) is 34.9. The van der Waals surface area contributed by atoms with E-state index < -0.39 is 49.0 Å². The van der Waals surface area contributed by atoms with Gasteiger partial charge in [-0.1, -0.05) is 151 Å². The van der Waals surface area contributed by atoms with E-state index in [4.69, 9.17) is 14.2 Å². The van der Waals surface area contributed by atoms with Crippen molar-refractivity contribution in [3.05, 3.63) is 142 Å². The van der Waals surface area contributed by atoms with E-state index in [-0.39, 0.29) is 11.5 Å². The van der Waals surface area contributed by atoms with Gasteiger partial charge in [-0.05, 0) is 79.2 Å². The van der Waals surface area contributed by atoms with Gasteiger partial charge in [0.1, 0.15) is 30.5 Å². The minimum atomic E-state index is -1.34. The van der Waals surface area contributed by atoms with Crippen molar-refractivity contribution >= 4 is 0 Å². The molecule has 0 radical (unpaired) electrons. The fourth-order valence-corrected chi connectivity index (χ4v) is 6.39. The van der Waals surface area contributed by atoms with E-state index in [1.807, 2.05) is 62.5 Å². The molecular weight excluding hydrogens is 693 g/mol. The number of hydrogen-bond acceptors (Lipinski definition) is 8. The molecule has 0 unspecified atom stereocenters. The third-order valence-electron chi connectivity index (χ3n) is 9.58. The molecule has 2 aliphatic rings. The lowest BCUT2D eigenvalue weighted by atomic mass is 9.71. The minimum Gasteiger partial charge on any atom is -0.394 e. The Morgan fingerprint density at radius 2 is 1.25 bits per heavy atom. The Balaban J connectivity index is 1.92. The molecular formula is C47H68O8. The van der Waals surface area contributed by atoms with Crippen molar-refractivity contribution in [1.29, 1.82) is 0 Å². The van der Waals surface area contributed by atoms with Crippen LogP contribution in [0.15, 0.2) is 142 Å². The van der Waals surface area contributed by atoms with Crippen LogP contribution in [0, 0.1) is 5.41 Å². The third-order valence-corrected chi connectivity index (χ3v) is 9.58. The van der Waals surface area contributed by atoms with Crippen LogP contribution in [-0.2, 0) is 14.2 Å². The first-order valence-corrected chi connectivity index (χ1v) is 19.1. The molecule has 1 fully saturated rings. The highest BCUT2D eigenvalue weighted by atomic mass is 16.7. The molecule has 1 heterocycles. The van der Waals surface area contributed by atoms with Gasteiger partial charge in [0, 0.05) is 7.11 Å². The molecule has 0 aromatic carbocycles. The Kier molecular flexibility index (Phi) is 19.9. The van der Waals surface area contributed by atoms with Crippen LogP contribution < -0.4 is 0 Å². The van der Waals surface area contributed by atoms with Gasteiger partial charge in [0.15, 0.2) is 6.29 Å². The smallest absolute Gasteiger partial charge is 0.187 e. The van der Waals surface area contributed by atoms with Gasteiger partial charge in [0.05, 0.1) is 18.3 Å². The topological polar surface area (TPSA) is 129 Å². The molecule has 2 rings (SSSR count). The second kappa shape index (κ2) is 23.0. The van der Waals surface area contributed by atoms with E-state index in [1.54, 1.807) is 19.9 Å². The molecule has 1 aliphatic heterocycles. The maximum Gasteiger partial charge on any atom is 0.187 e. The van der Waals surface area contributed by atoms with Crippen LogP contribution in [0.1, 0.15) is 82.1 Å². The van der Waals surface area contributed by atoms with Gasteiger partial charge in [0.2, 0.25) is 0 Å². The minimum absolute atomic E-state index is 0.0209. The molecule has 0 spiro atoms. The van der Waals surface area contributed by atoms with E-state index >= 15 is 0 Å². The highest BCUT2D eigenvalue weighted by molar-refractivity contribution is 5.38. The quantitative estimate of drug-likeness (QED) is 0.0941. The second-order valence-electron chi connectivity index (χ2n) is 16.0. The van der Waals surface area contributed by atoms with Gasteiger partial charge in [-0.25, -0.2) is 0 Å². The molecule has 1 saturated heterocycles. The number of methoxy groups -OCH3 is 1. The number of rotatable bonds is 17. The predicted octanol–water partition coefficient (Wildman–Crippen LogP) is 8.16. The lowest BCUT2D eigenvalue weighted by Crippen LogP contribution is -2.61. The lowest BCUT2D eigenvalue weighted by Gasteiger charge is -2.43. The summed E-state index contributed by atoms with van der Waals surface area (Å²) in [6, 6.07) is 0. The average molecular weight is 761 g/mol. The van der Waals surface area contributed by atoms with Crippen LogP contribution in [0.25, 0.3) is 0 Å². The van der Waals surface area contributed by atoms with Crippen LogP contribution in [0.2, 0.25) is 0 Å². The molecule has 0 aromatic rings. The third kappa shape index (κ3) is 16.7. The Bertz CT molecular complexity index is 1620. The summed E-state index contributed by atoms with van der Waals surface area (Å²) in [6.07, 6.45) is 29.0. The molecule has 0 bridgehead atoms. The molecule has 7 atom stereocenters. The Hall–Kier alpha value is -3.44. The number of allylic oxidation sites excluding steroid dienone is 22. The van der Waals surface area contributed by atoms with Crippen molar-refractivity contribution in [2.24, 2.45) is 5.41 Å². The number of aliphatic hydroxyl groups is 5. The summed E-state index contributed by atoms with van der Waals surface area (Å²) in [7, 11) is 1.36. The van der Waals surface area contributed by atoms with Crippen LogP contribution in [0.4, 0.5) is 0 Å². The van der Waals surface area contributed by atoms with Crippen LogP contribution in [0.3, 0.4) is 0 Å². The Morgan fingerprint density at radius 1 is 0.782 bits per heavy atom. The maximum atomic E-state index is 10.8. The van der Waals surface area contributed by atoms with E-state index in [2.05, 4.69) is 90.2 Å². The summed E-state index contributed by atoms with van der Waals surface area (Å²) >= 11 is 0. The molecule has 304 valence electrons. The largest absolute Gasteiger partial charge is 0.394 e. The van der Waals surface area contributed by atoms with Crippen LogP contribution in [0.5, 0.6) is 0 Å². The van der Waals surface area contributed by atoms with Crippen molar-refractivity contribution in [3.63, 3.8) is 0 Å². The van der Waals surface area contributed by atoms with Gasteiger partial charge in [-0.15, -0.1) is 0 Å². The normalized spacial score (nSPS) is 27.7. The molecule has 1 aliphatic carbocycles. The van der Waals surface area contributed by atoms with Crippen LogP contribution in [-0.4, -0.2) is 87.8 Å². The zero-order chi connectivity index (χ0) is 41.3. The predicted molar refractivity (Wildman–Crippen MR) is 225 cm³/mol. The summed E-state index contributed by atoms with van der Waals surface area (Å²) in [5, 5.41) is 51.1. The van der Waals surface area contributed by atoms with Crippen molar-refractivity contribution in [2.75, 3.05) is 13.7 Å². The number of hydrogen-bond donors (Lipinski definition) is 5. The van der Waals surface area contributed by atoms with Gasteiger partial charge in [-0.3, -0.25) is 0 Å². The van der Waals surface area contributed by atoms with Gasteiger partial charge >= 0.3 is 0 Å². The van der Waals surface area contributed by atoms with Gasteiger partial charge in [-0.2, -0.15) is 0 Å². The summed E-state index contributed by atoms with van der Waals surface area (Å²) in [5.41, 5.74) is 6.69. The van der Waals surface area contributed by atoms with Crippen LogP contribution >= 0.6 is 0 Å². The monoisotopic (exact) mass is 760 g/mol. The average Bonchev–Trinajstić information content (AvgIpc) is 3.08. The van der Waals surface area contributed by atoms with Crippen molar-refractivity contribution in [2.45, 2.75) is 131 Å². The summed E-state index contributed by atoms with van der Waals surface area (Å²) in [4.78, 5) is 0. The molecule has 8 nitrogen and oxygen atoms in total. The zero-order valence-electron chi connectivity index (χ0n) is 34.9.